The Labute approximate surface area is 777 Å². The van der Waals surface area contributed by atoms with Crippen LogP contribution in [0.25, 0.3) is 33.4 Å². The Bertz CT molecular complexity index is 5050. The van der Waals surface area contributed by atoms with Gasteiger partial charge in [-0.05, 0) is 344 Å². The molecule has 0 amide bonds. The number of halogens is 14. The molecule has 0 nitrogen and oxygen atoms in total. The summed E-state index contributed by atoms with van der Waals surface area (Å²) in [5, 5.41) is 0. The Kier molecular flexibility index (Phi) is 37.4. The summed E-state index contributed by atoms with van der Waals surface area (Å²) in [7, 11) is 0. The van der Waals surface area contributed by atoms with Gasteiger partial charge in [0.25, 0.3) is 0 Å². The molecule has 714 valence electrons. The van der Waals surface area contributed by atoms with E-state index >= 15 is 0 Å². The second kappa shape index (κ2) is 47.7. The minimum Gasteiger partial charge on any atom is -0.203 e. The third kappa shape index (κ3) is 26.6. The molecule has 10 aromatic carbocycles. The Morgan fingerprint density at radius 1 is 0.169 bits per heavy atom. The van der Waals surface area contributed by atoms with Crippen molar-refractivity contribution in [3.63, 3.8) is 0 Å². The lowest BCUT2D eigenvalue weighted by Gasteiger charge is -2.37. The van der Waals surface area contributed by atoms with E-state index in [-0.39, 0.29) is 33.7 Å². The van der Waals surface area contributed by atoms with E-state index in [9.17, 15) is 61.5 Å². The van der Waals surface area contributed by atoms with Crippen LogP contribution in [0.3, 0.4) is 0 Å². The van der Waals surface area contributed by atoms with Crippen molar-refractivity contribution < 1.29 is 71.5 Å². The van der Waals surface area contributed by atoms with E-state index < -0.39 is 81.4 Å². The smallest absolute Gasteiger partial charge is 0.166 e. The lowest BCUT2D eigenvalue weighted by atomic mass is 9.68. The zero-order valence-electron chi connectivity index (χ0n) is 79.2. The van der Waals surface area contributed by atoms with Gasteiger partial charge in [0.05, 0.1) is 0 Å². The summed E-state index contributed by atoms with van der Waals surface area (Å²) in [6, 6.07) is 46.3. The van der Waals surface area contributed by atoms with Crippen LogP contribution >= 0.6 is 0 Å². The predicted molar refractivity (Wildman–Crippen MR) is 521 cm³/mol. The first-order chi connectivity index (χ1) is 62.0. The molecule has 0 N–H and O–H groups in total. The number of benzene rings is 10. The van der Waals surface area contributed by atoms with Gasteiger partial charge < -0.3 is 0 Å². The first-order valence-electron chi connectivity index (χ1n) is 48.4. The van der Waals surface area contributed by atoms with Crippen LogP contribution in [-0.2, 0) is 0 Å². The van der Waals surface area contributed by atoms with Gasteiger partial charge in [0.15, 0.2) is 81.4 Å². The lowest BCUT2D eigenvalue weighted by Crippen LogP contribution is -2.25. The average Bonchev–Trinajstić information content (AvgIpc) is 0.778. The highest BCUT2D eigenvalue weighted by Gasteiger charge is 2.35. The molecule has 0 unspecified atom stereocenters. The molecular weight excluding hydrogens is 1660 g/mol. The lowest BCUT2D eigenvalue weighted by molar-refractivity contribution is 0.164. The maximum atomic E-state index is 14.2. The Hall–Kier alpha value is -8.78. The molecule has 0 bridgehead atoms. The molecule has 0 radical (unpaired) electrons. The molecule has 0 saturated heterocycles. The summed E-state index contributed by atoms with van der Waals surface area (Å²) >= 11 is 0. The molecule has 10 aromatic rings. The van der Waals surface area contributed by atoms with Crippen molar-refractivity contribution in [2.75, 3.05) is 0 Å². The first kappa shape index (κ1) is 102. The number of rotatable bonds is 10. The van der Waals surface area contributed by atoms with Crippen molar-refractivity contribution in [3.05, 3.63) is 317 Å². The molecule has 7 aliphatic rings. The normalized spacial score (nSPS) is 23.8. The van der Waals surface area contributed by atoms with Crippen molar-refractivity contribution >= 4 is 0 Å². The van der Waals surface area contributed by atoms with Gasteiger partial charge in [0.1, 0.15) is 0 Å². The minimum absolute atomic E-state index is 0. The van der Waals surface area contributed by atoms with Crippen molar-refractivity contribution in [1.29, 1.82) is 0 Å². The summed E-state index contributed by atoms with van der Waals surface area (Å²) in [5.74, 6) is -0.689. The molecule has 17 rings (SSSR count). The van der Waals surface area contributed by atoms with E-state index in [1.165, 1.54) is 108 Å². The number of aryl methyl sites for hydroxylation is 9. The van der Waals surface area contributed by atoms with E-state index in [0.717, 1.165) is 147 Å². The molecule has 0 heterocycles. The van der Waals surface area contributed by atoms with Gasteiger partial charge in [-0.25, -0.2) is 61.5 Å². The van der Waals surface area contributed by atoms with Gasteiger partial charge in [-0.1, -0.05) is 268 Å². The maximum absolute atomic E-state index is 14.2. The Morgan fingerprint density at radius 3 is 0.562 bits per heavy atom. The molecule has 0 aromatic heterocycles. The summed E-state index contributed by atoms with van der Waals surface area (Å²) in [5.41, 5.74) is 11.6. The Morgan fingerprint density at radius 2 is 0.338 bits per heavy atom. The van der Waals surface area contributed by atoms with Crippen LogP contribution in [0, 0.1) is 197 Å². The van der Waals surface area contributed by atoms with Crippen molar-refractivity contribution in [3.8, 4) is 33.4 Å². The van der Waals surface area contributed by atoms with E-state index in [4.69, 9.17) is 0 Å². The largest absolute Gasteiger partial charge is 0.203 e. The van der Waals surface area contributed by atoms with Gasteiger partial charge in [-0.2, -0.15) is 0 Å². The summed E-state index contributed by atoms with van der Waals surface area (Å²) in [6.45, 7) is 26.5. The van der Waals surface area contributed by atoms with Crippen LogP contribution in [0.2, 0.25) is 0 Å². The summed E-state index contributed by atoms with van der Waals surface area (Å²) < 4.78 is 192. The van der Waals surface area contributed by atoms with E-state index in [1.54, 1.807) is 158 Å². The fourth-order valence-electron chi connectivity index (χ4n) is 21.0. The van der Waals surface area contributed by atoms with Crippen LogP contribution in [0.4, 0.5) is 61.5 Å². The van der Waals surface area contributed by atoms with E-state index in [2.05, 4.69) is 46.8 Å². The second-order valence-corrected chi connectivity index (χ2v) is 40.1. The minimum atomic E-state index is -0.774. The highest BCUT2D eigenvalue weighted by Crippen LogP contribution is 2.48. The quantitative estimate of drug-likeness (QED) is 0.120. The third-order valence-electron chi connectivity index (χ3n) is 30.3. The van der Waals surface area contributed by atoms with Crippen LogP contribution in [0.15, 0.2) is 158 Å². The van der Waals surface area contributed by atoms with Gasteiger partial charge in [0.2, 0.25) is 0 Å². The molecule has 130 heavy (non-hydrogen) atoms. The zero-order valence-corrected chi connectivity index (χ0v) is 79.2. The highest BCUT2D eigenvalue weighted by molar-refractivity contribution is 5.67. The molecule has 0 aliphatic heterocycles. The second-order valence-electron chi connectivity index (χ2n) is 40.1. The average molecular weight is 1810 g/mol. The molecule has 7 saturated carbocycles. The molecule has 0 spiro atoms. The number of hydrogen-bond acceptors (Lipinski definition) is 0. The fraction of sp³-hybridized carbons (Fsp3) is 0.483. The topological polar surface area (TPSA) is 0 Å². The van der Waals surface area contributed by atoms with Gasteiger partial charge >= 0.3 is 0 Å². The standard InChI is InChI=1S/2C20H28F2.C20H22F2.2C14H18F2.2C14H12F2.7H2/c3*1-13-3-6-15(7-4-13)16-8-10-17(11-9-16)18-12-5-14(2)19(21)20(18)22;4*1-9-3-6-11(7-4-9)12-8-5-10(2)13(15)14(12)16;;;;;;;/h2*5,12-13,15-17H,3-4,6-11H2,1-2H3;5,8-13,15H,3-4,6-7H2,1-2H3;2*5,8-9,11H,3-4,6-7H2,1-2H3;2*3-8H,1-2H3;7*1H. The van der Waals surface area contributed by atoms with Crippen LogP contribution < -0.4 is 0 Å². The highest BCUT2D eigenvalue weighted by atomic mass is 19.2. The van der Waals surface area contributed by atoms with Crippen molar-refractivity contribution in [2.45, 2.75) is 306 Å². The molecule has 7 aliphatic carbocycles. The van der Waals surface area contributed by atoms with Crippen LogP contribution in [-0.4, -0.2) is 0 Å². The van der Waals surface area contributed by atoms with Gasteiger partial charge in [0, 0.05) is 26.7 Å². The van der Waals surface area contributed by atoms with Crippen LogP contribution in [0.1, 0.15) is 332 Å². The molecule has 0 atom stereocenters. The van der Waals surface area contributed by atoms with Gasteiger partial charge in [-0.15, -0.1) is 0 Å². The van der Waals surface area contributed by atoms with E-state index in [0.29, 0.717) is 94.9 Å². The monoisotopic (exact) mass is 1810 g/mol. The molecule has 14 heteroatoms. The zero-order chi connectivity index (χ0) is 93.9. The first-order valence-corrected chi connectivity index (χ1v) is 48.4. The SMILES string of the molecule is Cc1ccc(-c2ccc(C)c(F)c2F)cc1.Cc1ccc(-c2ccc(C)c(F)c2F)cc1.Cc1ccc(-c2ccc(C3CCC(C)CC3)cc2)c(F)c1F.Cc1ccc(C2CCC(C)CC2)c(F)c1F.Cc1ccc(C2CCC(C)CC2)c(F)c1F.Cc1ccc(C2CCC(C3CCC(C)CC3)CC2)c(F)c1F.Cc1ccc(C2CCC(C3CCC(C)CC3)CC2)c(F)c1F.[HH].[HH].[HH].[HH].[HH].[HH].[HH]. The maximum Gasteiger partial charge on any atom is 0.166 e. The number of hydrogen-bond donors (Lipinski definition) is 0. The van der Waals surface area contributed by atoms with Crippen molar-refractivity contribution in [1.82, 2.24) is 0 Å². The van der Waals surface area contributed by atoms with Crippen molar-refractivity contribution in [2.24, 2.45) is 53.3 Å². The predicted octanol–water partition coefficient (Wildman–Crippen LogP) is 38.3. The summed E-state index contributed by atoms with van der Waals surface area (Å²) in [6.07, 6.45) is 33.4. The molecule has 7 fully saturated rings. The van der Waals surface area contributed by atoms with E-state index in [1.807, 2.05) is 50.2 Å². The van der Waals surface area contributed by atoms with Crippen LogP contribution in [0.5, 0.6) is 0 Å². The third-order valence-corrected chi connectivity index (χ3v) is 30.3. The summed E-state index contributed by atoms with van der Waals surface area (Å²) in [4.78, 5) is 0. The Balaban J connectivity index is 0.000000333. The molecular formula is C116H152F14. The van der Waals surface area contributed by atoms with Gasteiger partial charge in [-0.3, -0.25) is 0 Å². The fourth-order valence-corrected chi connectivity index (χ4v) is 21.0.